The van der Waals surface area contributed by atoms with E-state index in [4.69, 9.17) is 0 Å². The summed E-state index contributed by atoms with van der Waals surface area (Å²) in [5.41, 5.74) is 3.48. The summed E-state index contributed by atoms with van der Waals surface area (Å²) in [5, 5.41) is 6.13. The highest BCUT2D eigenvalue weighted by Crippen LogP contribution is 2.22. The van der Waals surface area contributed by atoms with E-state index in [1.807, 2.05) is 19.1 Å². The zero-order chi connectivity index (χ0) is 19.9. The Balaban J connectivity index is 1.55. The normalized spacial score (nSPS) is 15.4. The second kappa shape index (κ2) is 9.40. The topological polar surface area (TPSA) is 61.4 Å². The maximum absolute atomic E-state index is 12.4. The number of hydrogen-bond acceptors (Lipinski definition) is 4. The first-order chi connectivity index (χ1) is 13.5. The van der Waals surface area contributed by atoms with E-state index in [1.54, 1.807) is 24.3 Å². The molecule has 0 spiro atoms. The van der Waals surface area contributed by atoms with Crippen molar-refractivity contribution in [2.75, 3.05) is 28.6 Å². The molecule has 1 saturated heterocycles. The Morgan fingerprint density at radius 1 is 0.857 bits per heavy atom. The van der Waals surface area contributed by atoms with Crippen LogP contribution in [0.5, 0.6) is 0 Å². The van der Waals surface area contributed by atoms with E-state index in [0.29, 0.717) is 11.3 Å². The minimum Gasteiger partial charge on any atom is -0.374 e. The van der Waals surface area contributed by atoms with Gasteiger partial charge >= 0.3 is 0 Å². The van der Waals surface area contributed by atoms with Crippen LogP contribution >= 0.6 is 0 Å². The molecule has 1 aliphatic rings. The van der Waals surface area contributed by atoms with E-state index in [9.17, 15) is 9.59 Å². The Kier molecular flexibility index (Phi) is 6.69. The van der Waals surface area contributed by atoms with Gasteiger partial charge in [0, 0.05) is 35.7 Å². The van der Waals surface area contributed by atoms with Crippen molar-refractivity contribution in [2.24, 2.45) is 0 Å². The largest absolute Gasteiger partial charge is 0.374 e. The highest BCUT2D eigenvalue weighted by atomic mass is 16.2. The number of carbonyl (C=O) groups excluding carboxylic acids is 2. The van der Waals surface area contributed by atoms with Gasteiger partial charge in [0.15, 0.2) is 5.78 Å². The summed E-state index contributed by atoms with van der Waals surface area (Å²) in [6, 6.07) is 14.9. The number of ketones is 1. The zero-order valence-corrected chi connectivity index (χ0v) is 16.7. The second-order valence-electron chi connectivity index (χ2n) is 7.44. The number of anilines is 3. The van der Waals surface area contributed by atoms with Gasteiger partial charge in [0.1, 0.15) is 6.04 Å². The summed E-state index contributed by atoms with van der Waals surface area (Å²) < 4.78 is 0. The standard InChI is InChI=1S/C23H29N3O2/c1-17(23(28)25-21-9-7-19(8-10-21)18(2)27)24-20-11-13-22(14-12-20)26-15-5-3-4-6-16-26/h7-14,17,24H,3-6,15-16H2,1-2H3,(H,25,28)/t17-/m0/s1. The number of rotatable bonds is 6. The third-order valence-electron chi connectivity index (χ3n) is 5.17. The zero-order valence-electron chi connectivity index (χ0n) is 16.7. The molecule has 1 aliphatic heterocycles. The van der Waals surface area contributed by atoms with Gasteiger partial charge in [-0.25, -0.2) is 0 Å². The Labute approximate surface area is 167 Å². The molecule has 0 unspecified atom stereocenters. The fourth-order valence-electron chi connectivity index (χ4n) is 3.45. The van der Waals surface area contributed by atoms with Crippen molar-refractivity contribution in [2.45, 2.75) is 45.6 Å². The first-order valence-electron chi connectivity index (χ1n) is 10.1. The Hall–Kier alpha value is -2.82. The molecule has 0 radical (unpaired) electrons. The van der Waals surface area contributed by atoms with E-state index in [-0.39, 0.29) is 17.7 Å². The molecule has 28 heavy (non-hydrogen) atoms. The highest BCUT2D eigenvalue weighted by Gasteiger charge is 2.14. The van der Waals surface area contributed by atoms with Crippen molar-refractivity contribution in [3.63, 3.8) is 0 Å². The van der Waals surface area contributed by atoms with Gasteiger partial charge in [-0.2, -0.15) is 0 Å². The predicted molar refractivity (Wildman–Crippen MR) is 115 cm³/mol. The first-order valence-corrected chi connectivity index (χ1v) is 10.1. The van der Waals surface area contributed by atoms with Crippen LogP contribution in [0, 0.1) is 0 Å². The van der Waals surface area contributed by atoms with Crippen molar-refractivity contribution < 1.29 is 9.59 Å². The summed E-state index contributed by atoms with van der Waals surface area (Å²) in [5.74, 6) is -0.108. The molecule has 0 bridgehead atoms. The van der Waals surface area contributed by atoms with Crippen molar-refractivity contribution in [1.29, 1.82) is 0 Å². The SMILES string of the molecule is CC(=O)c1ccc(NC(=O)[C@H](C)Nc2ccc(N3CCCCCC3)cc2)cc1. The Morgan fingerprint density at radius 3 is 2.00 bits per heavy atom. The van der Waals surface area contributed by atoms with Crippen LogP contribution in [0.3, 0.4) is 0 Å². The Morgan fingerprint density at radius 2 is 1.43 bits per heavy atom. The number of carbonyl (C=O) groups is 2. The lowest BCUT2D eigenvalue weighted by molar-refractivity contribution is -0.116. The van der Waals surface area contributed by atoms with Crippen LogP contribution in [-0.2, 0) is 4.79 Å². The number of nitrogens with one attached hydrogen (secondary N) is 2. The number of amides is 1. The van der Waals surface area contributed by atoms with Gasteiger partial charge in [0.05, 0.1) is 0 Å². The van der Waals surface area contributed by atoms with Gasteiger partial charge in [-0.1, -0.05) is 12.8 Å². The summed E-state index contributed by atoms with van der Waals surface area (Å²) in [6.45, 7) is 5.60. The van der Waals surface area contributed by atoms with Crippen LogP contribution in [-0.4, -0.2) is 30.8 Å². The summed E-state index contributed by atoms with van der Waals surface area (Å²) in [4.78, 5) is 26.2. The molecule has 0 saturated carbocycles. The van der Waals surface area contributed by atoms with E-state index in [0.717, 1.165) is 18.8 Å². The molecule has 5 nitrogen and oxygen atoms in total. The van der Waals surface area contributed by atoms with Crippen molar-refractivity contribution in [3.05, 3.63) is 54.1 Å². The van der Waals surface area contributed by atoms with Gasteiger partial charge in [-0.05, 0) is 75.2 Å². The first kappa shape index (κ1) is 19.9. The van der Waals surface area contributed by atoms with Crippen molar-refractivity contribution in [1.82, 2.24) is 0 Å². The maximum Gasteiger partial charge on any atom is 0.246 e. The average molecular weight is 380 g/mol. The molecule has 1 heterocycles. The van der Waals surface area contributed by atoms with Gasteiger partial charge in [-0.15, -0.1) is 0 Å². The number of nitrogens with zero attached hydrogens (tertiary/aromatic N) is 1. The molecule has 1 atom stereocenters. The fourth-order valence-corrected chi connectivity index (χ4v) is 3.45. The third kappa shape index (κ3) is 5.35. The molecule has 5 heteroatoms. The van der Waals surface area contributed by atoms with E-state index in [2.05, 4.69) is 27.7 Å². The quantitative estimate of drug-likeness (QED) is 0.714. The van der Waals surface area contributed by atoms with E-state index < -0.39 is 0 Å². The monoisotopic (exact) mass is 379 g/mol. The number of hydrogen-bond donors (Lipinski definition) is 2. The minimum atomic E-state index is -0.378. The van der Waals surface area contributed by atoms with Crippen LogP contribution in [0.2, 0.25) is 0 Å². The Bertz CT molecular complexity index is 792. The smallest absolute Gasteiger partial charge is 0.246 e. The molecule has 3 rings (SSSR count). The molecule has 1 amide bonds. The fraction of sp³-hybridized carbons (Fsp3) is 0.391. The van der Waals surface area contributed by atoms with Crippen molar-refractivity contribution >= 4 is 28.8 Å². The predicted octanol–water partition coefficient (Wildman–Crippen LogP) is 4.71. The molecule has 0 aromatic heterocycles. The average Bonchev–Trinajstić information content (AvgIpc) is 2.98. The van der Waals surface area contributed by atoms with Gasteiger partial charge < -0.3 is 15.5 Å². The van der Waals surface area contributed by atoms with E-state index in [1.165, 1.54) is 38.3 Å². The molecule has 0 aliphatic carbocycles. The van der Waals surface area contributed by atoms with E-state index >= 15 is 0 Å². The van der Waals surface area contributed by atoms with Crippen LogP contribution in [0.25, 0.3) is 0 Å². The molecule has 148 valence electrons. The molecule has 1 fully saturated rings. The minimum absolute atomic E-state index is 0.0107. The third-order valence-corrected chi connectivity index (χ3v) is 5.17. The van der Waals surface area contributed by atoms with Crippen LogP contribution < -0.4 is 15.5 Å². The van der Waals surface area contributed by atoms with Crippen LogP contribution in [0.4, 0.5) is 17.1 Å². The van der Waals surface area contributed by atoms with Crippen molar-refractivity contribution in [3.8, 4) is 0 Å². The number of Topliss-reactive ketones (excluding diaryl/α,β-unsaturated/α-hetero) is 1. The lowest BCUT2D eigenvalue weighted by Crippen LogP contribution is -2.31. The second-order valence-corrected chi connectivity index (χ2v) is 7.44. The van der Waals surface area contributed by atoms with Gasteiger partial charge in [0.25, 0.3) is 0 Å². The summed E-state index contributed by atoms with van der Waals surface area (Å²) >= 11 is 0. The van der Waals surface area contributed by atoms with Gasteiger partial charge in [-0.3, -0.25) is 9.59 Å². The molecule has 2 aromatic rings. The molecular formula is C23H29N3O2. The lowest BCUT2D eigenvalue weighted by Gasteiger charge is -2.23. The molecule has 2 aromatic carbocycles. The summed E-state index contributed by atoms with van der Waals surface area (Å²) in [6.07, 6.45) is 5.15. The van der Waals surface area contributed by atoms with Gasteiger partial charge in [0.2, 0.25) is 5.91 Å². The van der Waals surface area contributed by atoms with Crippen LogP contribution in [0.1, 0.15) is 49.9 Å². The summed E-state index contributed by atoms with van der Waals surface area (Å²) in [7, 11) is 0. The maximum atomic E-state index is 12.4. The molecular weight excluding hydrogens is 350 g/mol. The molecule has 2 N–H and O–H groups in total. The number of benzene rings is 2. The lowest BCUT2D eigenvalue weighted by atomic mass is 10.1. The highest BCUT2D eigenvalue weighted by molar-refractivity contribution is 5.97. The van der Waals surface area contributed by atoms with Crippen LogP contribution in [0.15, 0.2) is 48.5 Å².